The van der Waals surface area contributed by atoms with E-state index in [4.69, 9.17) is 4.74 Å². The van der Waals surface area contributed by atoms with Gasteiger partial charge in [-0.2, -0.15) is 0 Å². The standard InChI is InChI=1S/C15H14Br2FNO/c1-9-5-12(17)7-14(20-2)15(9)19-8-10-3-4-11(16)6-13(10)18/h3-7,19H,8H2,1-2H3. The molecule has 5 heteroatoms. The molecule has 106 valence electrons. The first kappa shape index (κ1) is 15.3. The number of anilines is 1. The summed E-state index contributed by atoms with van der Waals surface area (Å²) >= 11 is 6.68. The molecule has 0 aliphatic carbocycles. The number of halogens is 3. The second kappa shape index (κ2) is 6.59. The van der Waals surface area contributed by atoms with Crippen LogP contribution in [0.25, 0.3) is 0 Å². The molecular formula is C15H14Br2FNO. The van der Waals surface area contributed by atoms with Gasteiger partial charge in [0.2, 0.25) is 0 Å². The molecule has 0 atom stereocenters. The van der Waals surface area contributed by atoms with E-state index in [0.717, 1.165) is 25.9 Å². The van der Waals surface area contributed by atoms with Gasteiger partial charge in [0.15, 0.2) is 0 Å². The maximum Gasteiger partial charge on any atom is 0.143 e. The van der Waals surface area contributed by atoms with Crippen LogP contribution in [0.15, 0.2) is 39.3 Å². The Balaban J connectivity index is 2.22. The quantitative estimate of drug-likeness (QED) is 0.751. The predicted octanol–water partition coefficient (Wildman–Crippen LogP) is 5.28. The highest BCUT2D eigenvalue weighted by Crippen LogP contribution is 2.32. The van der Waals surface area contributed by atoms with Gasteiger partial charge in [-0.3, -0.25) is 0 Å². The van der Waals surface area contributed by atoms with Crippen LogP contribution in [0.4, 0.5) is 10.1 Å². The largest absolute Gasteiger partial charge is 0.495 e. The van der Waals surface area contributed by atoms with Crippen LogP contribution in [-0.4, -0.2) is 7.11 Å². The highest BCUT2D eigenvalue weighted by Gasteiger charge is 2.09. The normalized spacial score (nSPS) is 10.4. The highest BCUT2D eigenvalue weighted by molar-refractivity contribution is 9.10. The molecule has 0 bridgehead atoms. The maximum absolute atomic E-state index is 13.8. The van der Waals surface area contributed by atoms with Crippen molar-refractivity contribution in [1.29, 1.82) is 0 Å². The molecule has 0 aliphatic heterocycles. The Morgan fingerprint density at radius 1 is 1.15 bits per heavy atom. The molecule has 0 fully saturated rings. The second-order valence-corrected chi connectivity index (χ2v) is 6.22. The van der Waals surface area contributed by atoms with Crippen molar-refractivity contribution in [1.82, 2.24) is 0 Å². The minimum absolute atomic E-state index is 0.236. The molecule has 0 saturated carbocycles. The number of nitrogens with one attached hydrogen (secondary N) is 1. The van der Waals surface area contributed by atoms with Gasteiger partial charge in [0.05, 0.1) is 12.8 Å². The molecule has 2 rings (SSSR count). The summed E-state index contributed by atoms with van der Waals surface area (Å²) in [6, 6.07) is 8.91. The van der Waals surface area contributed by atoms with Crippen LogP contribution in [0, 0.1) is 12.7 Å². The number of ether oxygens (including phenoxy) is 1. The maximum atomic E-state index is 13.8. The molecule has 0 spiro atoms. The van der Waals surface area contributed by atoms with E-state index < -0.39 is 0 Å². The van der Waals surface area contributed by atoms with Crippen LogP contribution >= 0.6 is 31.9 Å². The number of rotatable bonds is 4. The van der Waals surface area contributed by atoms with Crippen LogP contribution in [0.1, 0.15) is 11.1 Å². The molecule has 2 aromatic carbocycles. The third kappa shape index (κ3) is 3.52. The summed E-state index contributed by atoms with van der Waals surface area (Å²) in [4.78, 5) is 0. The number of hydrogen-bond donors (Lipinski definition) is 1. The molecular weight excluding hydrogens is 389 g/mol. The van der Waals surface area contributed by atoms with Crippen LogP contribution in [0.5, 0.6) is 5.75 Å². The fourth-order valence-electron chi connectivity index (χ4n) is 1.95. The lowest BCUT2D eigenvalue weighted by molar-refractivity contribution is 0.416. The Morgan fingerprint density at radius 2 is 1.90 bits per heavy atom. The zero-order chi connectivity index (χ0) is 14.7. The summed E-state index contributed by atoms with van der Waals surface area (Å²) in [6.45, 7) is 2.38. The summed E-state index contributed by atoms with van der Waals surface area (Å²) in [6.07, 6.45) is 0. The molecule has 2 aromatic rings. The lowest BCUT2D eigenvalue weighted by Crippen LogP contribution is -2.05. The monoisotopic (exact) mass is 401 g/mol. The van der Waals surface area contributed by atoms with Gasteiger partial charge >= 0.3 is 0 Å². The Hall–Kier alpha value is -1.07. The van der Waals surface area contributed by atoms with Crippen molar-refractivity contribution < 1.29 is 9.13 Å². The summed E-state index contributed by atoms with van der Waals surface area (Å²) in [5.74, 6) is 0.495. The highest BCUT2D eigenvalue weighted by atomic mass is 79.9. The fourth-order valence-corrected chi connectivity index (χ4v) is 2.83. The molecule has 2 nitrogen and oxygen atoms in total. The molecule has 20 heavy (non-hydrogen) atoms. The molecule has 0 unspecified atom stereocenters. The van der Waals surface area contributed by atoms with Gasteiger partial charge in [0.1, 0.15) is 11.6 Å². The summed E-state index contributed by atoms with van der Waals surface area (Å²) < 4.78 is 20.8. The Bertz CT molecular complexity index is 632. The number of aryl methyl sites for hydroxylation is 1. The zero-order valence-corrected chi connectivity index (χ0v) is 14.3. The Morgan fingerprint density at radius 3 is 2.55 bits per heavy atom. The minimum atomic E-state index is -0.236. The van der Waals surface area contributed by atoms with Crippen LogP contribution in [0.3, 0.4) is 0 Å². The van der Waals surface area contributed by atoms with Crippen LogP contribution in [-0.2, 0) is 6.54 Å². The van der Waals surface area contributed by atoms with Crippen molar-refractivity contribution in [2.75, 3.05) is 12.4 Å². The first-order valence-corrected chi connectivity index (χ1v) is 7.62. The summed E-state index contributed by atoms with van der Waals surface area (Å²) in [5.41, 5.74) is 2.52. The van der Waals surface area contributed by atoms with Crippen molar-refractivity contribution in [2.24, 2.45) is 0 Å². The lowest BCUT2D eigenvalue weighted by atomic mass is 10.1. The second-order valence-electron chi connectivity index (χ2n) is 4.39. The molecule has 1 N–H and O–H groups in total. The molecule has 0 aromatic heterocycles. The smallest absolute Gasteiger partial charge is 0.143 e. The van der Waals surface area contributed by atoms with Gasteiger partial charge in [0.25, 0.3) is 0 Å². The fraction of sp³-hybridized carbons (Fsp3) is 0.200. The van der Waals surface area contributed by atoms with E-state index in [1.807, 2.05) is 25.1 Å². The van der Waals surface area contributed by atoms with Crippen molar-refractivity contribution in [2.45, 2.75) is 13.5 Å². The van der Waals surface area contributed by atoms with Crippen molar-refractivity contribution in [3.05, 3.63) is 56.2 Å². The first-order valence-electron chi connectivity index (χ1n) is 6.03. The predicted molar refractivity (Wildman–Crippen MR) is 86.9 cm³/mol. The van der Waals surface area contributed by atoms with Gasteiger partial charge in [0, 0.05) is 21.1 Å². The van der Waals surface area contributed by atoms with Crippen molar-refractivity contribution >= 4 is 37.5 Å². The lowest BCUT2D eigenvalue weighted by Gasteiger charge is -2.15. The molecule has 0 radical (unpaired) electrons. The van der Waals surface area contributed by atoms with Gasteiger partial charge in [-0.15, -0.1) is 0 Å². The topological polar surface area (TPSA) is 21.3 Å². The zero-order valence-electron chi connectivity index (χ0n) is 11.1. The molecule has 0 amide bonds. The third-order valence-electron chi connectivity index (χ3n) is 2.95. The van der Waals surface area contributed by atoms with Gasteiger partial charge in [-0.25, -0.2) is 4.39 Å². The van der Waals surface area contributed by atoms with E-state index in [1.54, 1.807) is 13.2 Å². The van der Waals surface area contributed by atoms with Gasteiger partial charge < -0.3 is 10.1 Å². The van der Waals surface area contributed by atoms with E-state index in [-0.39, 0.29) is 5.82 Å². The van der Waals surface area contributed by atoms with E-state index >= 15 is 0 Å². The Kier molecular flexibility index (Phi) is 5.05. The third-order valence-corrected chi connectivity index (χ3v) is 3.91. The Labute approximate surface area is 134 Å². The molecule has 0 heterocycles. The van der Waals surface area contributed by atoms with Crippen molar-refractivity contribution in [3.8, 4) is 5.75 Å². The van der Waals surface area contributed by atoms with E-state index in [1.165, 1.54) is 6.07 Å². The van der Waals surface area contributed by atoms with Crippen LogP contribution < -0.4 is 10.1 Å². The molecule has 0 saturated heterocycles. The number of methoxy groups -OCH3 is 1. The van der Waals surface area contributed by atoms with Gasteiger partial charge in [-0.1, -0.05) is 37.9 Å². The summed E-state index contributed by atoms with van der Waals surface area (Å²) in [7, 11) is 1.62. The number of hydrogen-bond acceptors (Lipinski definition) is 2. The average Bonchev–Trinajstić information content (AvgIpc) is 2.38. The van der Waals surface area contributed by atoms with E-state index in [9.17, 15) is 4.39 Å². The SMILES string of the molecule is COc1cc(Br)cc(C)c1NCc1ccc(Br)cc1F. The summed E-state index contributed by atoms with van der Waals surface area (Å²) in [5, 5.41) is 3.24. The van der Waals surface area contributed by atoms with E-state index in [0.29, 0.717) is 12.1 Å². The minimum Gasteiger partial charge on any atom is -0.495 e. The van der Waals surface area contributed by atoms with Crippen molar-refractivity contribution in [3.63, 3.8) is 0 Å². The van der Waals surface area contributed by atoms with Crippen LogP contribution in [0.2, 0.25) is 0 Å². The molecule has 0 aliphatic rings. The van der Waals surface area contributed by atoms with E-state index in [2.05, 4.69) is 37.2 Å². The van der Waals surface area contributed by atoms with Gasteiger partial charge in [-0.05, 0) is 36.8 Å². The number of benzene rings is 2. The average molecular weight is 403 g/mol. The first-order chi connectivity index (χ1) is 9.51.